The van der Waals surface area contributed by atoms with Crippen molar-refractivity contribution in [2.75, 3.05) is 18.4 Å². The molecule has 1 fully saturated rings. The van der Waals surface area contributed by atoms with E-state index < -0.39 is 0 Å². The number of hydrogen-bond acceptors (Lipinski definition) is 4. The van der Waals surface area contributed by atoms with Crippen molar-refractivity contribution in [1.82, 2.24) is 9.88 Å². The summed E-state index contributed by atoms with van der Waals surface area (Å²) in [6, 6.07) is 17.3. The van der Waals surface area contributed by atoms with Crippen molar-refractivity contribution in [2.45, 2.75) is 25.3 Å². The van der Waals surface area contributed by atoms with Crippen molar-refractivity contribution < 1.29 is 4.79 Å². The van der Waals surface area contributed by atoms with Crippen LogP contribution in [0.4, 0.5) is 5.82 Å². The van der Waals surface area contributed by atoms with Gasteiger partial charge in [-0.3, -0.25) is 4.79 Å². The molecule has 1 aliphatic rings. The minimum atomic E-state index is -0.247. The first-order chi connectivity index (χ1) is 11.8. The molecule has 5 heteroatoms. The zero-order valence-corrected chi connectivity index (χ0v) is 13.5. The number of likely N-dealkylation sites (tertiary alicyclic amines) is 1. The van der Waals surface area contributed by atoms with Crippen LogP contribution in [0.15, 0.2) is 48.5 Å². The van der Waals surface area contributed by atoms with Gasteiger partial charge >= 0.3 is 0 Å². The van der Waals surface area contributed by atoms with Crippen LogP contribution in [0, 0.1) is 11.3 Å². The topological polar surface area (TPSA) is 69.0 Å². The monoisotopic (exact) mass is 320 g/mol. The van der Waals surface area contributed by atoms with Crippen molar-refractivity contribution in [3.63, 3.8) is 0 Å². The normalized spacial score (nSPS) is 16.9. The second-order valence-electron chi connectivity index (χ2n) is 5.92. The molecule has 1 aliphatic heterocycles. The average molecular weight is 320 g/mol. The van der Waals surface area contributed by atoms with Crippen LogP contribution < -0.4 is 5.32 Å². The van der Waals surface area contributed by atoms with E-state index in [-0.39, 0.29) is 11.9 Å². The summed E-state index contributed by atoms with van der Waals surface area (Å²) < 4.78 is 0. The van der Waals surface area contributed by atoms with Gasteiger partial charge < -0.3 is 10.2 Å². The molecule has 1 aromatic heterocycles. The van der Waals surface area contributed by atoms with Gasteiger partial charge in [-0.15, -0.1) is 0 Å². The Labute approximate surface area is 141 Å². The van der Waals surface area contributed by atoms with Gasteiger partial charge in [0, 0.05) is 13.1 Å². The molecule has 2 aromatic rings. The minimum absolute atomic E-state index is 0.118. The first-order valence-electron chi connectivity index (χ1n) is 8.22. The number of amides is 1. The Morgan fingerprint density at radius 3 is 2.83 bits per heavy atom. The summed E-state index contributed by atoms with van der Waals surface area (Å²) in [5.41, 5.74) is 1.65. The number of anilines is 1. The van der Waals surface area contributed by atoms with E-state index in [4.69, 9.17) is 5.26 Å². The van der Waals surface area contributed by atoms with Gasteiger partial charge in [0.05, 0.1) is 0 Å². The predicted octanol–water partition coefficient (Wildman–Crippen LogP) is 2.60. The lowest BCUT2D eigenvalue weighted by molar-refractivity contribution is -0.128. The lowest BCUT2D eigenvalue weighted by Gasteiger charge is -2.17. The molecule has 0 spiro atoms. The van der Waals surface area contributed by atoms with E-state index in [1.807, 2.05) is 29.2 Å². The van der Waals surface area contributed by atoms with Gasteiger partial charge in [0.2, 0.25) is 5.91 Å². The first-order valence-corrected chi connectivity index (χ1v) is 8.22. The summed E-state index contributed by atoms with van der Waals surface area (Å²) in [5.74, 6) is 0.700. The Hall–Kier alpha value is -2.87. The van der Waals surface area contributed by atoms with Crippen molar-refractivity contribution >= 4 is 11.7 Å². The molecule has 0 radical (unpaired) electrons. The van der Waals surface area contributed by atoms with Crippen molar-refractivity contribution in [3.8, 4) is 6.07 Å². The smallest absolute Gasteiger partial charge is 0.245 e. The molecule has 3 rings (SSSR count). The molecule has 24 heavy (non-hydrogen) atoms. The molecule has 2 heterocycles. The van der Waals surface area contributed by atoms with Crippen LogP contribution in [0.3, 0.4) is 0 Å². The second-order valence-corrected chi connectivity index (χ2v) is 5.92. The number of benzene rings is 1. The van der Waals surface area contributed by atoms with E-state index >= 15 is 0 Å². The van der Waals surface area contributed by atoms with Gasteiger partial charge in [-0.1, -0.05) is 36.4 Å². The first kappa shape index (κ1) is 16.0. The van der Waals surface area contributed by atoms with Gasteiger partial charge in [0.15, 0.2) is 0 Å². The Kier molecular flexibility index (Phi) is 5.07. The second kappa shape index (κ2) is 7.60. The summed E-state index contributed by atoms with van der Waals surface area (Å²) >= 11 is 0. The van der Waals surface area contributed by atoms with Gasteiger partial charge in [-0.2, -0.15) is 5.26 Å². The van der Waals surface area contributed by atoms with Crippen LogP contribution in [0.5, 0.6) is 0 Å². The van der Waals surface area contributed by atoms with Crippen LogP contribution in [-0.2, 0) is 11.2 Å². The van der Waals surface area contributed by atoms with E-state index in [1.165, 1.54) is 5.56 Å². The maximum Gasteiger partial charge on any atom is 0.245 e. The third-order valence-electron chi connectivity index (χ3n) is 4.22. The highest BCUT2D eigenvalue weighted by atomic mass is 16.2. The molecule has 122 valence electrons. The number of hydrogen-bond donors (Lipinski definition) is 1. The van der Waals surface area contributed by atoms with Gasteiger partial charge in [0.25, 0.3) is 0 Å². The van der Waals surface area contributed by atoms with Gasteiger partial charge in [-0.25, -0.2) is 4.98 Å². The largest absolute Gasteiger partial charge is 0.358 e. The molecule has 0 saturated carbocycles. The summed E-state index contributed by atoms with van der Waals surface area (Å²) in [7, 11) is 0. The lowest BCUT2D eigenvalue weighted by Crippen LogP contribution is -2.34. The highest BCUT2D eigenvalue weighted by molar-refractivity contribution is 5.86. The van der Waals surface area contributed by atoms with Gasteiger partial charge in [0.1, 0.15) is 23.6 Å². The van der Waals surface area contributed by atoms with Crippen LogP contribution in [-0.4, -0.2) is 34.9 Å². The standard InChI is InChI=1S/C19H20N4O/c20-14-16-9-4-10-18(21-16)22-17-11-13-23(19(17)24)12-5-8-15-6-2-1-3-7-15/h1-4,6-7,9-10,17H,5,8,11-13H2,(H,21,22). The van der Waals surface area contributed by atoms with E-state index in [2.05, 4.69) is 22.4 Å². The molecule has 1 aromatic carbocycles. The maximum atomic E-state index is 12.5. The molecule has 1 amide bonds. The van der Waals surface area contributed by atoms with Gasteiger partial charge in [-0.05, 0) is 37.0 Å². The fraction of sp³-hybridized carbons (Fsp3) is 0.316. The van der Waals surface area contributed by atoms with Crippen LogP contribution >= 0.6 is 0 Å². The number of carbonyl (C=O) groups is 1. The zero-order chi connectivity index (χ0) is 16.8. The highest BCUT2D eigenvalue weighted by Crippen LogP contribution is 2.17. The molecule has 1 unspecified atom stereocenters. The molecule has 1 atom stereocenters. The molecule has 0 bridgehead atoms. The number of carbonyl (C=O) groups excluding carboxylic acids is 1. The summed E-state index contributed by atoms with van der Waals surface area (Å²) in [5, 5.41) is 12.0. The van der Waals surface area contributed by atoms with Crippen molar-refractivity contribution in [3.05, 3.63) is 59.8 Å². The van der Waals surface area contributed by atoms with E-state index in [1.54, 1.807) is 18.2 Å². The average Bonchev–Trinajstić information content (AvgIpc) is 2.96. The number of nitriles is 1. The Balaban J connectivity index is 1.50. The third-order valence-corrected chi connectivity index (χ3v) is 4.22. The zero-order valence-electron chi connectivity index (χ0n) is 13.5. The molecular weight excluding hydrogens is 300 g/mol. The molecule has 1 N–H and O–H groups in total. The molecule has 0 aliphatic carbocycles. The molecule has 5 nitrogen and oxygen atoms in total. The summed E-state index contributed by atoms with van der Waals surface area (Å²) in [4.78, 5) is 18.6. The number of nitrogens with zero attached hydrogens (tertiary/aromatic N) is 3. The number of pyridine rings is 1. The van der Waals surface area contributed by atoms with Crippen molar-refractivity contribution in [2.24, 2.45) is 0 Å². The minimum Gasteiger partial charge on any atom is -0.358 e. The van der Waals surface area contributed by atoms with E-state index in [9.17, 15) is 4.79 Å². The van der Waals surface area contributed by atoms with E-state index in [0.717, 1.165) is 32.4 Å². The fourth-order valence-electron chi connectivity index (χ4n) is 2.97. The molecular formula is C19H20N4O. The number of rotatable bonds is 6. The number of nitrogens with one attached hydrogen (secondary N) is 1. The predicted molar refractivity (Wildman–Crippen MR) is 92.3 cm³/mol. The van der Waals surface area contributed by atoms with Crippen LogP contribution in [0.25, 0.3) is 0 Å². The SMILES string of the molecule is N#Cc1cccc(NC2CCN(CCCc3ccccc3)C2=O)n1. The number of aromatic nitrogens is 1. The Morgan fingerprint density at radius 1 is 1.21 bits per heavy atom. The van der Waals surface area contributed by atoms with Crippen LogP contribution in [0.1, 0.15) is 24.1 Å². The van der Waals surface area contributed by atoms with E-state index in [0.29, 0.717) is 11.5 Å². The quantitative estimate of drug-likeness (QED) is 0.888. The maximum absolute atomic E-state index is 12.5. The fourth-order valence-corrected chi connectivity index (χ4v) is 2.97. The lowest BCUT2D eigenvalue weighted by atomic mass is 10.1. The summed E-state index contributed by atoms with van der Waals surface area (Å²) in [6.45, 7) is 1.54. The summed E-state index contributed by atoms with van der Waals surface area (Å²) in [6.07, 6.45) is 2.71. The van der Waals surface area contributed by atoms with Crippen LogP contribution in [0.2, 0.25) is 0 Å². The number of aryl methyl sites for hydroxylation is 1. The third kappa shape index (κ3) is 3.90. The Bertz CT molecular complexity index is 739. The molecule has 1 saturated heterocycles. The highest BCUT2D eigenvalue weighted by Gasteiger charge is 2.31. The van der Waals surface area contributed by atoms with Crippen molar-refractivity contribution in [1.29, 1.82) is 5.26 Å². The Morgan fingerprint density at radius 2 is 2.04 bits per heavy atom.